The minimum absolute atomic E-state index is 0.0287. The molecule has 4 aliphatic carbocycles. The topological polar surface area (TPSA) is 107 Å². The summed E-state index contributed by atoms with van der Waals surface area (Å²) in [5, 5.41) is 3.72. The van der Waals surface area contributed by atoms with Crippen molar-refractivity contribution in [2.75, 3.05) is 7.11 Å². The maximum atomic E-state index is 13.5. The minimum atomic E-state index is -1.71. The Morgan fingerprint density at radius 1 is 0.925 bits per heavy atom. The largest absolute Gasteiger partial charge is 0.467 e. The summed E-state index contributed by atoms with van der Waals surface area (Å²) in [6.45, 7) is 0.0578. The maximum absolute atomic E-state index is 13.5. The summed E-state index contributed by atoms with van der Waals surface area (Å²) < 4.78 is 16.8. The average molecular weight is 545 g/mol. The number of rotatable bonds is 9. The number of benzene rings is 2. The van der Waals surface area contributed by atoms with Gasteiger partial charge < -0.3 is 24.5 Å². The Morgan fingerprint density at radius 2 is 1.60 bits per heavy atom. The van der Waals surface area contributed by atoms with Gasteiger partial charge in [-0.05, 0) is 73.0 Å². The maximum Gasteiger partial charge on any atom is 0.408 e. The van der Waals surface area contributed by atoms with E-state index in [0.29, 0.717) is 11.8 Å². The minimum Gasteiger partial charge on any atom is -0.467 e. The van der Waals surface area contributed by atoms with Crippen LogP contribution in [0.2, 0.25) is 0 Å². The van der Waals surface area contributed by atoms with Crippen LogP contribution >= 0.6 is 0 Å². The molecule has 1 heterocycles. The number of hydrogen-bond donors (Lipinski definition) is 2. The summed E-state index contributed by atoms with van der Waals surface area (Å²) in [5.41, 5.74) is 0.771. The van der Waals surface area contributed by atoms with E-state index in [1.807, 2.05) is 54.6 Å². The molecule has 4 saturated carbocycles. The molecule has 0 aliphatic heterocycles. The zero-order chi connectivity index (χ0) is 27.7. The zero-order valence-electron chi connectivity index (χ0n) is 22.8. The Bertz CT molecular complexity index is 1360. The number of fused-ring (bicyclic) bond motifs is 1. The molecule has 40 heavy (non-hydrogen) atoms. The smallest absolute Gasteiger partial charge is 0.408 e. The second-order valence-corrected chi connectivity index (χ2v) is 11.9. The molecule has 1 aromatic heterocycles. The number of amides is 1. The molecule has 0 saturated heterocycles. The summed E-state index contributed by atoms with van der Waals surface area (Å²) in [7, 11) is 1.26. The highest BCUT2D eigenvalue weighted by atomic mass is 16.6. The number of para-hydroxylation sites is 1. The van der Waals surface area contributed by atoms with E-state index in [0.717, 1.165) is 59.5 Å². The average Bonchev–Trinajstić information content (AvgIpc) is 3.36. The second kappa shape index (κ2) is 11.0. The molecule has 2 aromatic carbocycles. The highest BCUT2D eigenvalue weighted by molar-refractivity contribution is 5.92. The molecule has 210 valence electrons. The SMILES string of the molecule is COC(=O)[C@@](CC(=O)OCc1ccccc1)(Cc1c[nH]c2ccccc12)NC(=O)OC1C2CC3CC(C2)CC1C3. The molecular weight excluding hydrogens is 508 g/mol. The second-order valence-electron chi connectivity index (χ2n) is 11.9. The molecule has 1 atom stereocenters. The number of ether oxygens (including phenoxy) is 3. The Hall–Kier alpha value is -3.81. The molecule has 2 N–H and O–H groups in total. The molecule has 3 aromatic rings. The van der Waals surface area contributed by atoms with Crippen molar-refractivity contribution in [2.24, 2.45) is 23.7 Å². The van der Waals surface area contributed by atoms with Crippen LogP contribution in [-0.4, -0.2) is 41.8 Å². The Labute approximate surface area is 233 Å². The van der Waals surface area contributed by atoms with Gasteiger partial charge >= 0.3 is 18.0 Å². The van der Waals surface area contributed by atoms with E-state index < -0.39 is 30.0 Å². The van der Waals surface area contributed by atoms with Crippen LogP contribution in [0.1, 0.15) is 49.7 Å². The van der Waals surface area contributed by atoms with Gasteiger partial charge in [0.05, 0.1) is 13.5 Å². The summed E-state index contributed by atoms with van der Waals surface area (Å²) in [4.78, 5) is 43.4. The Kier molecular flexibility index (Phi) is 7.26. The van der Waals surface area contributed by atoms with Gasteiger partial charge in [-0.25, -0.2) is 9.59 Å². The third-order valence-electron chi connectivity index (χ3n) is 9.16. The third-order valence-corrected chi connectivity index (χ3v) is 9.16. The van der Waals surface area contributed by atoms with Gasteiger partial charge in [0.25, 0.3) is 0 Å². The van der Waals surface area contributed by atoms with Crippen LogP contribution in [0.5, 0.6) is 0 Å². The summed E-state index contributed by atoms with van der Waals surface area (Å²) in [6, 6.07) is 17.0. The number of esters is 2. The normalized spacial score (nSPS) is 26.2. The number of methoxy groups -OCH3 is 1. The van der Waals surface area contributed by atoms with Crippen LogP contribution in [0.25, 0.3) is 10.9 Å². The Balaban J connectivity index is 1.25. The molecule has 4 aliphatic rings. The number of hydrogen-bond acceptors (Lipinski definition) is 6. The van der Waals surface area contributed by atoms with Crippen molar-refractivity contribution in [2.45, 2.75) is 63.2 Å². The van der Waals surface area contributed by atoms with Gasteiger partial charge in [-0.3, -0.25) is 4.79 Å². The van der Waals surface area contributed by atoms with Gasteiger partial charge in [-0.15, -0.1) is 0 Å². The highest BCUT2D eigenvalue weighted by Gasteiger charge is 2.51. The van der Waals surface area contributed by atoms with Gasteiger partial charge in [-0.1, -0.05) is 48.5 Å². The molecule has 4 fully saturated rings. The third kappa shape index (κ3) is 5.31. The van der Waals surface area contributed by atoms with Crippen LogP contribution in [-0.2, 0) is 36.8 Å². The molecule has 4 bridgehead atoms. The monoisotopic (exact) mass is 544 g/mol. The first-order valence-electron chi connectivity index (χ1n) is 14.2. The van der Waals surface area contributed by atoms with Gasteiger partial charge in [0.1, 0.15) is 12.7 Å². The zero-order valence-corrected chi connectivity index (χ0v) is 22.8. The van der Waals surface area contributed by atoms with Crippen molar-refractivity contribution in [3.63, 3.8) is 0 Å². The number of carbonyl (C=O) groups excluding carboxylic acids is 3. The standard InChI is InChI=1S/C32H36N2O6/c1-38-30(36)32(16-25-18-33-27-10-6-5-9-26(25)27,17-28(35)39-19-20-7-3-2-4-8-20)34-31(37)40-29-23-12-21-11-22(14-23)15-24(29)13-21/h2-10,18,21-24,29,33H,11-17,19H2,1H3,(H,34,37)/t21?,22?,23?,24?,29?,32-/m0/s1. The lowest BCUT2D eigenvalue weighted by atomic mass is 9.55. The number of H-pyrrole nitrogens is 1. The summed E-state index contributed by atoms with van der Waals surface area (Å²) in [6.07, 6.45) is 6.23. The fourth-order valence-corrected chi connectivity index (χ4v) is 7.60. The van der Waals surface area contributed by atoms with Crippen molar-refractivity contribution in [1.82, 2.24) is 10.3 Å². The summed E-state index contributed by atoms with van der Waals surface area (Å²) in [5.74, 6) is 0.847. The van der Waals surface area contributed by atoms with Crippen molar-refractivity contribution in [1.29, 1.82) is 0 Å². The van der Waals surface area contributed by atoms with Crippen LogP contribution in [0, 0.1) is 23.7 Å². The van der Waals surface area contributed by atoms with E-state index >= 15 is 0 Å². The first-order valence-corrected chi connectivity index (χ1v) is 14.2. The lowest BCUT2D eigenvalue weighted by molar-refractivity contribution is -0.157. The lowest BCUT2D eigenvalue weighted by Gasteiger charge is -2.53. The van der Waals surface area contributed by atoms with E-state index in [1.54, 1.807) is 6.20 Å². The molecule has 0 radical (unpaired) electrons. The molecule has 8 nitrogen and oxygen atoms in total. The molecular formula is C32H36N2O6. The van der Waals surface area contributed by atoms with E-state index in [9.17, 15) is 14.4 Å². The predicted molar refractivity (Wildman–Crippen MR) is 148 cm³/mol. The van der Waals surface area contributed by atoms with E-state index in [4.69, 9.17) is 14.2 Å². The number of carbonyl (C=O) groups is 3. The highest BCUT2D eigenvalue weighted by Crippen LogP contribution is 2.54. The first kappa shape index (κ1) is 26.4. The van der Waals surface area contributed by atoms with Crippen LogP contribution in [0.15, 0.2) is 60.8 Å². The lowest BCUT2D eigenvalue weighted by Crippen LogP contribution is -2.59. The van der Waals surface area contributed by atoms with E-state index in [1.165, 1.54) is 13.5 Å². The van der Waals surface area contributed by atoms with Gasteiger partial charge in [0.2, 0.25) is 0 Å². The van der Waals surface area contributed by atoms with Gasteiger partial charge in [0, 0.05) is 23.5 Å². The number of alkyl carbamates (subject to hydrolysis) is 1. The van der Waals surface area contributed by atoms with Crippen LogP contribution < -0.4 is 5.32 Å². The fraction of sp³-hybridized carbons (Fsp3) is 0.469. The van der Waals surface area contributed by atoms with Crippen molar-refractivity contribution < 1.29 is 28.6 Å². The predicted octanol–water partition coefficient (Wildman–Crippen LogP) is 5.31. The van der Waals surface area contributed by atoms with Crippen molar-refractivity contribution in [3.05, 3.63) is 71.9 Å². The van der Waals surface area contributed by atoms with Crippen molar-refractivity contribution >= 4 is 28.9 Å². The molecule has 0 spiro atoms. The quantitative estimate of drug-likeness (QED) is 0.279. The molecule has 0 unspecified atom stereocenters. The first-order chi connectivity index (χ1) is 19.4. The Morgan fingerprint density at radius 3 is 2.30 bits per heavy atom. The number of aromatic amines is 1. The van der Waals surface area contributed by atoms with Gasteiger partial charge in [0.15, 0.2) is 5.54 Å². The number of nitrogens with one attached hydrogen (secondary N) is 2. The number of aromatic nitrogens is 1. The molecule has 1 amide bonds. The van der Waals surface area contributed by atoms with Crippen molar-refractivity contribution in [3.8, 4) is 0 Å². The van der Waals surface area contributed by atoms with E-state index in [-0.39, 0.29) is 19.1 Å². The van der Waals surface area contributed by atoms with E-state index in [2.05, 4.69) is 10.3 Å². The van der Waals surface area contributed by atoms with Crippen LogP contribution in [0.4, 0.5) is 4.79 Å². The fourth-order valence-electron chi connectivity index (χ4n) is 7.60. The summed E-state index contributed by atoms with van der Waals surface area (Å²) >= 11 is 0. The van der Waals surface area contributed by atoms with Crippen LogP contribution in [0.3, 0.4) is 0 Å². The molecule has 7 rings (SSSR count). The molecule has 8 heteroatoms. The van der Waals surface area contributed by atoms with Gasteiger partial charge in [-0.2, -0.15) is 0 Å².